The molecule has 1 amide bonds. The summed E-state index contributed by atoms with van der Waals surface area (Å²) < 4.78 is 5.87. The number of piperidine rings is 1. The van der Waals surface area contributed by atoms with Crippen LogP contribution in [0.3, 0.4) is 0 Å². The van der Waals surface area contributed by atoms with Gasteiger partial charge in [-0.1, -0.05) is 11.3 Å². The highest BCUT2D eigenvalue weighted by Gasteiger charge is 2.44. The zero-order valence-electron chi connectivity index (χ0n) is 12.8. The number of nitrogens with one attached hydrogen (secondary N) is 1. The van der Waals surface area contributed by atoms with Gasteiger partial charge >= 0.3 is 0 Å². The molecule has 7 heteroatoms. The Bertz CT molecular complexity index is 559. The van der Waals surface area contributed by atoms with Crippen molar-refractivity contribution < 1.29 is 9.53 Å². The van der Waals surface area contributed by atoms with E-state index >= 15 is 0 Å². The third-order valence-corrected chi connectivity index (χ3v) is 5.88. The molecule has 1 saturated carbocycles. The number of fused-ring (bicyclic) bond motifs is 1. The Morgan fingerprint density at radius 1 is 1.36 bits per heavy atom. The predicted octanol–water partition coefficient (Wildman–Crippen LogP) is 1.21. The van der Waals surface area contributed by atoms with Crippen LogP contribution in [0.2, 0.25) is 0 Å². The van der Waals surface area contributed by atoms with E-state index < -0.39 is 0 Å². The summed E-state index contributed by atoms with van der Waals surface area (Å²) in [5, 5.41) is 13.4. The van der Waals surface area contributed by atoms with E-state index in [4.69, 9.17) is 4.74 Å². The molecule has 0 radical (unpaired) electrons. The van der Waals surface area contributed by atoms with Crippen molar-refractivity contribution in [3.63, 3.8) is 0 Å². The molecule has 4 rings (SSSR count). The topological polar surface area (TPSA) is 67.4 Å². The number of anilines is 1. The summed E-state index contributed by atoms with van der Waals surface area (Å²) >= 11 is 1.59. The van der Waals surface area contributed by atoms with Gasteiger partial charge in [-0.2, -0.15) is 0 Å². The fraction of sp³-hybridized carbons (Fsp3) is 0.800. The second-order valence-electron chi connectivity index (χ2n) is 6.67. The smallest absolute Gasteiger partial charge is 0.225 e. The monoisotopic (exact) mass is 322 g/mol. The van der Waals surface area contributed by atoms with Crippen molar-refractivity contribution in [2.75, 3.05) is 31.1 Å². The first-order valence-corrected chi connectivity index (χ1v) is 8.96. The van der Waals surface area contributed by atoms with Crippen LogP contribution in [-0.2, 0) is 9.53 Å². The zero-order valence-corrected chi connectivity index (χ0v) is 13.6. The minimum atomic E-state index is 0.00389. The van der Waals surface area contributed by atoms with Gasteiger partial charge in [0.2, 0.25) is 11.0 Å². The second kappa shape index (κ2) is 5.77. The number of carbonyl (C=O) groups is 1. The zero-order chi connectivity index (χ0) is 15.1. The number of amides is 1. The van der Waals surface area contributed by atoms with E-state index in [1.165, 1.54) is 12.8 Å². The van der Waals surface area contributed by atoms with Crippen LogP contribution >= 0.6 is 11.3 Å². The Morgan fingerprint density at radius 3 is 2.95 bits per heavy atom. The molecule has 3 heterocycles. The van der Waals surface area contributed by atoms with E-state index in [9.17, 15) is 4.79 Å². The Labute approximate surface area is 134 Å². The van der Waals surface area contributed by atoms with Crippen molar-refractivity contribution in [3.05, 3.63) is 5.01 Å². The maximum Gasteiger partial charge on any atom is 0.225 e. The molecule has 0 spiro atoms. The summed E-state index contributed by atoms with van der Waals surface area (Å²) in [5.74, 6) is 1.26. The van der Waals surface area contributed by atoms with Crippen molar-refractivity contribution in [2.24, 2.45) is 17.8 Å². The second-order valence-corrected chi connectivity index (χ2v) is 7.83. The molecule has 22 heavy (non-hydrogen) atoms. The normalized spacial score (nSPS) is 31.1. The average molecular weight is 322 g/mol. The van der Waals surface area contributed by atoms with Gasteiger partial charge in [-0.05, 0) is 32.1 Å². The molecule has 0 unspecified atom stereocenters. The summed E-state index contributed by atoms with van der Waals surface area (Å²) in [4.78, 5) is 14.8. The van der Waals surface area contributed by atoms with Crippen molar-refractivity contribution >= 4 is 22.4 Å². The lowest BCUT2D eigenvalue weighted by molar-refractivity contribution is -0.127. The van der Waals surface area contributed by atoms with Crippen LogP contribution in [0.4, 0.5) is 5.13 Å². The third kappa shape index (κ3) is 2.84. The minimum absolute atomic E-state index is 0.00389. The van der Waals surface area contributed by atoms with Gasteiger partial charge < -0.3 is 15.0 Å². The van der Waals surface area contributed by atoms with Gasteiger partial charge in [0.1, 0.15) is 5.01 Å². The molecule has 0 aromatic carbocycles. The van der Waals surface area contributed by atoms with Crippen molar-refractivity contribution in [2.45, 2.75) is 32.3 Å². The fourth-order valence-corrected chi connectivity index (χ4v) is 4.23. The van der Waals surface area contributed by atoms with Crippen LogP contribution in [0.25, 0.3) is 0 Å². The number of carbonyl (C=O) groups excluding carboxylic acids is 1. The highest BCUT2D eigenvalue weighted by atomic mass is 32.1. The number of hydrogen-bond acceptors (Lipinski definition) is 6. The van der Waals surface area contributed by atoms with Crippen LogP contribution in [0.5, 0.6) is 0 Å². The van der Waals surface area contributed by atoms with E-state index in [1.807, 2.05) is 6.92 Å². The number of rotatable bonds is 4. The van der Waals surface area contributed by atoms with Gasteiger partial charge in [-0.3, -0.25) is 4.79 Å². The van der Waals surface area contributed by atoms with Crippen molar-refractivity contribution in [1.29, 1.82) is 0 Å². The van der Waals surface area contributed by atoms with Gasteiger partial charge in [-0.15, -0.1) is 10.2 Å². The molecule has 6 nitrogen and oxygen atoms in total. The fourth-order valence-electron chi connectivity index (χ4n) is 3.52. The number of aryl methyl sites for hydroxylation is 1. The van der Waals surface area contributed by atoms with E-state index in [2.05, 4.69) is 20.4 Å². The first kappa shape index (κ1) is 14.4. The van der Waals surface area contributed by atoms with Crippen LogP contribution in [0, 0.1) is 24.7 Å². The molecule has 3 aliphatic rings. The Hall–Kier alpha value is -1.21. The summed E-state index contributed by atoms with van der Waals surface area (Å²) in [7, 11) is 0. The molecule has 1 N–H and O–H groups in total. The molecule has 120 valence electrons. The maximum atomic E-state index is 12.6. The standard InChI is InChI=1S/C15H22N4O2S/c1-9-17-18-15(22-9)19-7-12(11-4-5-21-13(11)8-19)14(20)16-6-10-2-3-10/h10-13H,2-8H2,1H3,(H,16,20)/t11-,12-,13+/m0/s1. The SMILES string of the molecule is Cc1nnc(N2C[C@H](C(=O)NCC3CC3)[C@@H]3CCO[C@@H]3C2)s1. The molecule has 3 fully saturated rings. The van der Waals surface area contributed by atoms with E-state index in [-0.39, 0.29) is 17.9 Å². The van der Waals surface area contributed by atoms with Crippen LogP contribution in [-0.4, -0.2) is 48.4 Å². The van der Waals surface area contributed by atoms with Gasteiger partial charge in [0, 0.05) is 32.2 Å². The lowest BCUT2D eigenvalue weighted by Crippen LogP contribution is -2.53. The number of hydrogen-bond donors (Lipinski definition) is 1. The predicted molar refractivity (Wildman–Crippen MR) is 83.9 cm³/mol. The largest absolute Gasteiger partial charge is 0.376 e. The van der Waals surface area contributed by atoms with Gasteiger partial charge in [-0.25, -0.2) is 0 Å². The summed E-state index contributed by atoms with van der Waals surface area (Å²) in [5.41, 5.74) is 0. The van der Waals surface area contributed by atoms with E-state index in [0.29, 0.717) is 11.8 Å². The average Bonchev–Trinajstić information content (AvgIpc) is 3.04. The van der Waals surface area contributed by atoms with Crippen molar-refractivity contribution in [3.8, 4) is 0 Å². The summed E-state index contributed by atoms with van der Waals surface area (Å²) in [6, 6.07) is 0. The summed E-state index contributed by atoms with van der Waals surface area (Å²) in [6.07, 6.45) is 3.66. The first-order valence-electron chi connectivity index (χ1n) is 8.15. The number of ether oxygens (including phenoxy) is 1. The third-order valence-electron chi connectivity index (χ3n) is 4.98. The maximum absolute atomic E-state index is 12.6. The molecular weight excluding hydrogens is 300 g/mol. The minimum Gasteiger partial charge on any atom is -0.376 e. The highest BCUT2D eigenvalue weighted by Crippen LogP contribution is 2.36. The molecule has 1 aliphatic carbocycles. The Morgan fingerprint density at radius 2 is 2.23 bits per heavy atom. The van der Waals surface area contributed by atoms with Gasteiger partial charge in [0.15, 0.2) is 0 Å². The summed E-state index contributed by atoms with van der Waals surface area (Å²) in [6.45, 7) is 5.12. The van der Waals surface area contributed by atoms with E-state index in [0.717, 1.165) is 42.8 Å². The number of nitrogens with zero attached hydrogens (tertiary/aromatic N) is 3. The van der Waals surface area contributed by atoms with E-state index in [1.54, 1.807) is 11.3 Å². The van der Waals surface area contributed by atoms with Crippen LogP contribution in [0.1, 0.15) is 24.3 Å². The van der Waals surface area contributed by atoms with Crippen LogP contribution < -0.4 is 10.2 Å². The van der Waals surface area contributed by atoms with Crippen molar-refractivity contribution in [1.82, 2.24) is 15.5 Å². The molecule has 1 aromatic heterocycles. The molecule has 2 aliphatic heterocycles. The quantitative estimate of drug-likeness (QED) is 0.902. The lowest BCUT2D eigenvalue weighted by atomic mass is 9.82. The molecular formula is C15H22N4O2S. The highest BCUT2D eigenvalue weighted by molar-refractivity contribution is 7.15. The van der Waals surface area contributed by atoms with Gasteiger partial charge in [0.25, 0.3) is 0 Å². The number of aromatic nitrogens is 2. The lowest BCUT2D eigenvalue weighted by Gasteiger charge is -2.39. The molecule has 1 aromatic rings. The van der Waals surface area contributed by atoms with Gasteiger partial charge in [0.05, 0.1) is 12.0 Å². The van der Waals surface area contributed by atoms with Crippen LogP contribution in [0.15, 0.2) is 0 Å². The Balaban J connectivity index is 1.48. The Kier molecular flexibility index (Phi) is 3.78. The first-order chi connectivity index (χ1) is 10.7. The molecule has 3 atom stereocenters. The molecule has 0 bridgehead atoms. The molecule has 2 saturated heterocycles.